The van der Waals surface area contributed by atoms with E-state index in [4.69, 9.17) is 14.2 Å². The van der Waals surface area contributed by atoms with Crippen LogP contribution in [0.2, 0.25) is 0 Å². The van der Waals surface area contributed by atoms with Gasteiger partial charge in [-0.05, 0) is 24.7 Å². The molecular formula is C22H28N2O4. The number of para-hydroxylation sites is 3. The van der Waals surface area contributed by atoms with Crippen LogP contribution in [0.15, 0.2) is 48.5 Å². The zero-order valence-electron chi connectivity index (χ0n) is 16.8. The number of carbonyl (C=O) groups excluding carboxylic acids is 1. The van der Waals surface area contributed by atoms with E-state index in [0.717, 1.165) is 29.4 Å². The lowest BCUT2D eigenvalue weighted by molar-refractivity contribution is -0.132. The van der Waals surface area contributed by atoms with Crippen LogP contribution < -0.4 is 14.2 Å². The van der Waals surface area contributed by atoms with Crippen molar-refractivity contribution in [2.24, 2.45) is 0 Å². The Kier molecular flexibility index (Phi) is 6.76. The van der Waals surface area contributed by atoms with E-state index in [1.54, 1.807) is 12.0 Å². The minimum Gasteiger partial charge on any atom is -0.496 e. The number of methoxy groups -OCH3 is 1. The molecule has 1 unspecified atom stereocenters. The highest BCUT2D eigenvalue weighted by molar-refractivity contribution is 5.78. The second kappa shape index (κ2) is 9.46. The number of carbonyl (C=O) groups is 1. The van der Waals surface area contributed by atoms with Gasteiger partial charge in [0.2, 0.25) is 5.91 Å². The van der Waals surface area contributed by atoms with Crippen molar-refractivity contribution in [3.05, 3.63) is 54.1 Å². The minimum absolute atomic E-state index is 0.0601. The number of ether oxygens (including phenoxy) is 3. The molecule has 0 spiro atoms. The smallest absolute Gasteiger partial charge is 0.236 e. The molecule has 1 amide bonds. The van der Waals surface area contributed by atoms with Crippen molar-refractivity contribution in [2.45, 2.75) is 19.6 Å². The Bertz CT molecular complexity index is 796. The van der Waals surface area contributed by atoms with Gasteiger partial charge in [-0.3, -0.25) is 9.69 Å². The molecule has 6 heteroatoms. The normalized spacial score (nSPS) is 15.4. The third-order valence-corrected chi connectivity index (χ3v) is 4.86. The van der Waals surface area contributed by atoms with Crippen LogP contribution in [0.25, 0.3) is 0 Å². The Labute approximate surface area is 166 Å². The van der Waals surface area contributed by atoms with E-state index in [1.165, 1.54) is 0 Å². The lowest BCUT2D eigenvalue weighted by Gasteiger charge is -2.31. The first-order chi connectivity index (χ1) is 13.6. The molecule has 0 saturated carbocycles. The molecule has 1 heterocycles. The molecule has 1 atom stereocenters. The third-order valence-electron chi connectivity index (χ3n) is 4.86. The number of fused-ring (bicyclic) bond motifs is 1. The number of amides is 1. The van der Waals surface area contributed by atoms with Crippen molar-refractivity contribution in [3.8, 4) is 17.2 Å². The second-order valence-corrected chi connectivity index (χ2v) is 6.89. The molecule has 2 aromatic carbocycles. The summed E-state index contributed by atoms with van der Waals surface area (Å²) >= 11 is 0. The van der Waals surface area contributed by atoms with Gasteiger partial charge in [0.1, 0.15) is 18.5 Å². The molecule has 3 rings (SSSR count). The fourth-order valence-corrected chi connectivity index (χ4v) is 3.24. The maximum atomic E-state index is 12.7. The molecular weight excluding hydrogens is 356 g/mol. The third kappa shape index (κ3) is 4.95. The molecule has 6 nitrogen and oxygen atoms in total. The van der Waals surface area contributed by atoms with Gasteiger partial charge in [-0.15, -0.1) is 0 Å². The molecule has 1 aliphatic rings. The first-order valence-electron chi connectivity index (χ1n) is 9.57. The Morgan fingerprint density at radius 1 is 1.14 bits per heavy atom. The zero-order chi connectivity index (χ0) is 19.9. The highest BCUT2D eigenvalue weighted by atomic mass is 16.6. The summed E-state index contributed by atoms with van der Waals surface area (Å²) < 4.78 is 17.2. The number of hydrogen-bond donors (Lipinski definition) is 0. The van der Waals surface area contributed by atoms with Crippen molar-refractivity contribution in [2.75, 3.05) is 40.4 Å². The quantitative estimate of drug-likeness (QED) is 0.701. The first-order valence-corrected chi connectivity index (χ1v) is 9.57. The average Bonchev–Trinajstić information content (AvgIpc) is 2.73. The van der Waals surface area contributed by atoms with Crippen molar-refractivity contribution in [3.63, 3.8) is 0 Å². The predicted octanol–water partition coefficient (Wildman–Crippen LogP) is 2.82. The van der Waals surface area contributed by atoms with Gasteiger partial charge < -0.3 is 19.1 Å². The number of nitrogens with zero attached hydrogens (tertiary/aromatic N) is 2. The van der Waals surface area contributed by atoms with E-state index in [-0.39, 0.29) is 12.0 Å². The van der Waals surface area contributed by atoms with Crippen molar-refractivity contribution < 1.29 is 19.0 Å². The van der Waals surface area contributed by atoms with Crippen LogP contribution in [0.5, 0.6) is 17.2 Å². The predicted molar refractivity (Wildman–Crippen MR) is 108 cm³/mol. The molecule has 0 saturated heterocycles. The van der Waals surface area contributed by atoms with Crippen LogP contribution in [0, 0.1) is 0 Å². The van der Waals surface area contributed by atoms with Crippen molar-refractivity contribution in [1.82, 2.24) is 9.80 Å². The maximum absolute atomic E-state index is 12.7. The number of benzene rings is 2. The summed E-state index contributed by atoms with van der Waals surface area (Å²) in [5.41, 5.74) is 0.990. The van der Waals surface area contributed by atoms with E-state index >= 15 is 0 Å². The van der Waals surface area contributed by atoms with Gasteiger partial charge in [0, 0.05) is 25.7 Å². The average molecular weight is 384 g/mol. The van der Waals surface area contributed by atoms with Crippen LogP contribution in [-0.4, -0.2) is 62.2 Å². The second-order valence-electron chi connectivity index (χ2n) is 6.89. The lowest BCUT2D eigenvalue weighted by atomic mass is 10.2. The summed E-state index contributed by atoms with van der Waals surface area (Å²) in [5.74, 6) is 2.38. The van der Waals surface area contributed by atoms with Crippen LogP contribution in [0.4, 0.5) is 0 Å². The summed E-state index contributed by atoms with van der Waals surface area (Å²) in [6.45, 7) is 4.78. The lowest BCUT2D eigenvalue weighted by Crippen LogP contribution is -2.45. The molecule has 2 aromatic rings. The Balaban J connectivity index is 1.54. The van der Waals surface area contributed by atoms with E-state index in [1.807, 2.05) is 62.5 Å². The SMILES string of the molecule is CCN(CC(=O)N(C)Cc1ccccc1OC)CC1COc2ccccc2O1. The van der Waals surface area contributed by atoms with Crippen molar-refractivity contribution in [1.29, 1.82) is 0 Å². The van der Waals surface area contributed by atoms with Crippen LogP contribution in [0.1, 0.15) is 12.5 Å². The summed E-state index contributed by atoms with van der Waals surface area (Å²) in [4.78, 5) is 16.5. The number of hydrogen-bond acceptors (Lipinski definition) is 5. The molecule has 0 aliphatic carbocycles. The first kappa shape index (κ1) is 20.0. The highest BCUT2D eigenvalue weighted by Crippen LogP contribution is 2.31. The van der Waals surface area contributed by atoms with Gasteiger partial charge in [-0.1, -0.05) is 37.3 Å². The molecule has 0 fully saturated rings. The van der Waals surface area contributed by atoms with Gasteiger partial charge in [-0.25, -0.2) is 0 Å². The summed E-state index contributed by atoms with van der Waals surface area (Å²) in [7, 11) is 3.46. The molecule has 28 heavy (non-hydrogen) atoms. The standard InChI is InChI=1S/C22H28N2O4/c1-4-24(14-18-16-27-20-11-7-8-12-21(20)28-18)15-22(25)23(2)13-17-9-5-6-10-19(17)26-3/h5-12,18H,4,13-16H2,1-3H3. The Hall–Kier alpha value is -2.73. The van der Waals surface area contributed by atoms with Gasteiger partial charge >= 0.3 is 0 Å². The van der Waals surface area contributed by atoms with Gasteiger partial charge in [0.25, 0.3) is 0 Å². The van der Waals surface area contributed by atoms with Crippen molar-refractivity contribution >= 4 is 5.91 Å². The van der Waals surface area contributed by atoms with Gasteiger partial charge in [0.05, 0.1) is 13.7 Å². The van der Waals surface area contributed by atoms with E-state index in [2.05, 4.69) is 4.90 Å². The van der Waals surface area contributed by atoms with E-state index in [0.29, 0.717) is 26.2 Å². The largest absolute Gasteiger partial charge is 0.496 e. The molecule has 0 bridgehead atoms. The molecule has 0 N–H and O–H groups in total. The monoisotopic (exact) mass is 384 g/mol. The van der Waals surface area contributed by atoms with Gasteiger partial charge in [-0.2, -0.15) is 0 Å². The highest BCUT2D eigenvalue weighted by Gasteiger charge is 2.24. The minimum atomic E-state index is -0.0952. The Morgan fingerprint density at radius 2 is 1.86 bits per heavy atom. The number of likely N-dealkylation sites (N-methyl/N-ethyl adjacent to an activating group) is 2. The maximum Gasteiger partial charge on any atom is 0.236 e. The molecule has 0 radical (unpaired) electrons. The van der Waals surface area contributed by atoms with Crippen LogP contribution in [-0.2, 0) is 11.3 Å². The fraction of sp³-hybridized carbons (Fsp3) is 0.409. The van der Waals surface area contributed by atoms with E-state index < -0.39 is 0 Å². The summed E-state index contributed by atoms with van der Waals surface area (Å²) in [6, 6.07) is 15.4. The van der Waals surface area contributed by atoms with Crippen LogP contribution in [0.3, 0.4) is 0 Å². The topological polar surface area (TPSA) is 51.2 Å². The van der Waals surface area contributed by atoms with Crippen LogP contribution >= 0.6 is 0 Å². The molecule has 0 aromatic heterocycles. The van der Waals surface area contributed by atoms with Gasteiger partial charge in [0.15, 0.2) is 11.5 Å². The number of rotatable bonds is 8. The fourth-order valence-electron chi connectivity index (χ4n) is 3.24. The summed E-state index contributed by atoms with van der Waals surface area (Å²) in [6.07, 6.45) is -0.0952. The zero-order valence-corrected chi connectivity index (χ0v) is 16.8. The van der Waals surface area contributed by atoms with E-state index in [9.17, 15) is 4.79 Å². The molecule has 1 aliphatic heterocycles. The molecule has 150 valence electrons. The Morgan fingerprint density at radius 3 is 2.61 bits per heavy atom. The summed E-state index contributed by atoms with van der Waals surface area (Å²) in [5, 5.41) is 0.